The summed E-state index contributed by atoms with van der Waals surface area (Å²) in [6.45, 7) is 0. The van der Waals surface area contributed by atoms with Gasteiger partial charge in [0.1, 0.15) is 0 Å². The molecular formula is C9H7NO2S. The summed E-state index contributed by atoms with van der Waals surface area (Å²) in [7, 11) is 0. The maximum atomic E-state index is 9.37. The summed E-state index contributed by atoms with van der Waals surface area (Å²) in [6, 6.07) is 9.28. The van der Waals surface area contributed by atoms with Gasteiger partial charge in [0.15, 0.2) is 5.76 Å². The van der Waals surface area contributed by atoms with Gasteiger partial charge >= 0.3 is 0 Å². The number of H-pyrrole nitrogens is 1. The van der Waals surface area contributed by atoms with Crippen molar-refractivity contribution in [2.75, 3.05) is 0 Å². The summed E-state index contributed by atoms with van der Waals surface area (Å²) < 4.78 is 5.11. The number of aromatic amines is 1. The lowest BCUT2D eigenvalue weighted by molar-refractivity contribution is 0.453. The standard InChI is InChI=1S/C9H7NO2S/c11-8-7(12-9(13)10-8)6-4-2-1-3-5-6/h1-5,11H,(H,10,13). The summed E-state index contributed by atoms with van der Waals surface area (Å²) in [5.74, 6) is 0.349. The molecule has 0 radical (unpaired) electrons. The molecule has 0 spiro atoms. The van der Waals surface area contributed by atoms with Crippen LogP contribution in [0.5, 0.6) is 5.88 Å². The number of aromatic hydroxyl groups is 1. The van der Waals surface area contributed by atoms with Crippen LogP contribution in [-0.4, -0.2) is 10.1 Å². The van der Waals surface area contributed by atoms with Crippen molar-refractivity contribution in [1.82, 2.24) is 4.98 Å². The Kier molecular flexibility index (Phi) is 1.90. The molecule has 0 atom stereocenters. The highest BCUT2D eigenvalue weighted by Crippen LogP contribution is 2.27. The fraction of sp³-hybridized carbons (Fsp3) is 0. The minimum atomic E-state index is -0.0313. The van der Waals surface area contributed by atoms with Crippen molar-refractivity contribution in [3.63, 3.8) is 0 Å². The van der Waals surface area contributed by atoms with E-state index in [0.717, 1.165) is 5.56 Å². The van der Waals surface area contributed by atoms with Gasteiger partial charge < -0.3 is 9.52 Å². The Morgan fingerprint density at radius 1 is 1.23 bits per heavy atom. The fourth-order valence-electron chi connectivity index (χ4n) is 1.11. The van der Waals surface area contributed by atoms with Crippen molar-refractivity contribution >= 4 is 12.2 Å². The molecular weight excluding hydrogens is 186 g/mol. The van der Waals surface area contributed by atoms with Crippen molar-refractivity contribution in [3.8, 4) is 17.2 Å². The zero-order valence-electron chi connectivity index (χ0n) is 6.65. The molecule has 1 aromatic heterocycles. The molecule has 13 heavy (non-hydrogen) atoms. The van der Waals surface area contributed by atoms with E-state index in [4.69, 9.17) is 16.6 Å². The van der Waals surface area contributed by atoms with Crippen molar-refractivity contribution in [2.45, 2.75) is 0 Å². The third-order valence-electron chi connectivity index (χ3n) is 1.67. The highest BCUT2D eigenvalue weighted by molar-refractivity contribution is 7.71. The first-order valence-corrected chi connectivity index (χ1v) is 4.15. The molecule has 2 rings (SSSR count). The van der Waals surface area contributed by atoms with Crippen LogP contribution in [0.25, 0.3) is 11.3 Å². The fourth-order valence-corrected chi connectivity index (χ4v) is 1.29. The van der Waals surface area contributed by atoms with Crippen LogP contribution in [0.3, 0.4) is 0 Å². The summed E-state index contributed by atoms with van der Waals surface area (Å²) in [5.41, 5.74) is 0.798. The summed E-state index contributed by atoms with van der Waals surface area (Å²) >= 11 is 4.74. The molecule has 1 heterocycles. The minimum Gasteiger partial charge on any atom is -0.492 e. The van der Waals surface area contributed by atoms with Gasteiger partial charge in [0.25, 0.3) is 4.84 Å². The van der Waals surface area contributed by atoms with Crippen LogP contribution in [0.15, 0.2) is 34.7 Å². The Labute approximate surface area is 79.7 Å². The van der Waals surface area contributed by atoms with E-state index in [9.17, 15) is 5.11 Å². The zero-order valence-corrected chi connectivity index (χ0v) is 7.47. The Hall–Kier alpha value is -1.55. The molecule has 0 aliphatic rings. The normalized spacial score (nSPS) is 10.2. The van der Waals surface area contributed by atoms with Crippen LogP contribution in [0.1, 0.15) is 0 Å². The van der Waals surface area contributed by atoms with Gasteiger partial charge in [0.2, 0.25) is 5.88 Å². The van der Waals surface area contributed by atoms with Gasteiger partial charge in [-0.3, -0.25) is 4.98 Å². The Morgan fingerprint density at radius 2 is 1.92 bits per heavy atom. The second kappa shape index (κ2) is 3.06. The topological polar surface area (TPSA) is 49.2 Å². The summed E-state index contributed by atoms with van der Waals surface area (Å²) in [4.78, 5) is 2.69. The highest BCUT2D eigenvalue weighted by atomic mass is 32.1. The van der Waals surface area contributed by atoms with Gasteiger partial charge in [-0.05, 0) is 12.2 Å². The molecule has 2 aromatic rings. The highest BCUT2D eigenvalue weighted by Gasteiger charge is 2.08. The third-order valence-corrected chi connectivity index (χ3v) is 1.85. The summed E-state index contributed by atoms with van der Waals surface area (Å²) in [5, 5.41) is 9.37. The minimum absolute atomic E-state index is 0.0313. The predicted molar refractivity (Wildman–Crippen MR) is 51.0 cm³/mol. The molecule has 1 aromatic carbocycles. The largest absolute Gasteiger partial charge is 0.492 e. The van der Waals surface area contributed by atoms with Crippen molar-refractivity contribution in [2.24, 2.45) is 0 Å². The average molecular weight is 193 g/mol. The second-order valence-electron chi connectivity index (χ2n) is 2.56. The van der Waals surface area contributed by atoms with Gasteiger partial charge in [-0.15, -0.1) is 0 Å². The van der Waals surface area contributed by atoms with E-state index in [2.05, 4.69) is 4.98 Å². The van der Waals surface area contributed by atoms with Crippen LogP contribution in [-0.2, 0) is 0 Å². The molecule has 0 bridgehead atoms. The van der Waals surface area contributed by atoms with E-state index >= 15 is 0 Å². The molecule has 3 nitrogen and oxygen atoms in total. The molecule has 0 amide bonds. The van der Waals surface area contributed by atoms with Crippen LogP contribution in [0.2, 0.25) is 0 Å². The third kappa shape index (κ3) is 1.48. The van der Waals surface area contributed by atoms with Crippen molar-refractivity contribution in [1.29, 1.82) is 0 Å². The quantitative estimate of drug-likeness (QED) is 0.684. The SMILES string of the molecule is Oc1[nH]c(=S)oc1-c1ccccc1. The van der Waals surface area contributed by atoms with E-state index in [1.165, 1.54) is 0 Å². The number of hydrogen-bond acceptors (Lipinski definition) is 3. The Balaban J connectivity index is 2.59. The Bertz CT molecular complexity index is 458. The monoisotopic (exact) mass is 193 g/mol. The first kappa shape index (κ1) is 8.07. The van der Waals surface area contributed by atoms with Gasteiger partial charge in [0.05, 0.1) is 0 Å². The molecule has 2 N–H and O–H groups in total. The zero-order chi connectivity index (χ0) is 9.26. The number of oxazole rings is 1. The van der Waals surface area contributed by atoms with Gasteiger partial charge in [-0.25, -0.2) is 0 Å². The lowest BCUT2D eigenvalue weighted by Crippen LogP contribution is -1.72. The molecule has 0 aliphatic heterocycles. The van der Waals surface area contributed by atoms with Crippen LogP contribution in [0.4, 0.5) is 0 Å². The van der Waals surface area contributed by atoms with Gasteiger partial charge in [-0.1, -0.05) is 30.3 Å². The molecule has 66 valence electrons. The van der Waals surface area contributed by atoms with E-state index in [1.54, 1.807) is 0 Å². The van der Waals surface area contributed by atoms with Crippen LogP contribution >= 0.6 is 12.2 Å². The lowest BCUT2D eigenvalue weighted by atomic mass is 10.2. The number of aromatic nitrogens is 1. The molecule has 0 saturated heterocycles. The molecule has 4 heteroatoms. The molecule has 0 aliphatic carbocycles. The second-order valence-corrected chi connectivity index (χ2v) is 2.93. The first-order valence-electron chi connectivity index (χ1n) is 3.75. The first-order chi connectivity index (χ1) is 6.27. The molecule has 0 fully saturated rings. The lowest BCUT2D eigenvalue weighted by Gasteiger charge is -1.94. The smallest absolute Gasteiger partial charge is 0.269 e. The Morgan fingerprint density at radius 3 is 2.46 bits per heavy atom. The van der Waals surface area contributed by atoms with Gasteiger partial charge in [0, 0.05) is 5.56 Å². The molecule has 0 unspecified atom stereocenters. The maximum absolute atomic E-state index is 9.37. The van der Waals surface area contributed by atoms with Gasteiger partial charge in [-0.2, -0.15) is 0 Å². The maximum Gasteiger partial charge on any atom is 0.269 e. The van der Waals surface area contributed by atoms with E-state index < -0.39 is 0 Å². The number of rotatable bonds is 1. The summed E-state index contributed by atoms with van der Waals surface area (Å²) in [6.07, 6.45) is 0. The van der Waals surface area contributed by atoms with Crippen LogP contribution < -0.4 is 0 Å². The van der Waals surface area contributed by atoms with Crippen LogP contribution in [0, 0.1) is 4.84 Å². The predicted octanol–water partition coefficient (Wildman–Crippen LogP) is 2.71. The number of nitrogens with one attached hydrogen (secondary N) is 1. The number of hydrogen-bond donors (Lipinski definition) is 2. The van der Waals surface area contributed by atoms with E-state index in [-0.39, 0.29) is 10.7 Å². The molecule has 0 saturated carbocycles. The van der Waals surface area contributed by atoms with Crippen molar-refractivity contribution in [3.05, 3.63) is 35.2 Å². The van der Waals surface area contributed by atoms with Crippen molar-refractivity contribution < 1.29 is 9.52 Å². The number of benzene rings is 1. The van der Waals surface area contributed by atoms with E-state index in [0.29, 0.717) is 5.76 Å². The van der Waals surface area contributed by atoms with E-state index in [1.807, 2.05) is 30.3 Å². The average Bonchev–Trinajstić information content (AvgIpc) is 2.47.